The second-order valence-electron chi connectivity index (χ2n) is 18.8. The highest BCUT2D eigenvalue weighted by molar-refractivity contribution is 6.20. The molecule has 2 N–H and O–H groups in total. The molecule has 0 saturated heterocycles. The molecule has 5 aromatic rings. The highest BCUT2D eigenvalue weighted by Crippen LogP contribution is 2.46. The molecule has 0 unspecified atom stereocenters. The van der Waals surface area contributed by atoms with Crippen molar-refractivity contribution in [1.29, 1.82) is 0 Å². The predicted octanol–water partition coefficient (Wildman–Crippen LogP) is 12.5. The van der Waals surface area contributed by atoms with Gasteiger partial charge in [-0.15, -0.1) is 0 Å². The summed E-state index contributed by atoms with van der Waals surface area (Å²) in [6.07, 6.45) is 0. The molecule has 1 aromatic heterocycles. The van der Waals surface area contributed by atoms with Gasteiger partial charge in [-0.3, -0.25) is 0 Å². The largest absolute Gasteiger partial charge is 0.398 e. The zero-order valence-electron chi connectivity index (χ0n) is 31.4. The van der Waals surface area contributed by atoms with Crippen LogP contribution in [0.1, 0.15) is 132 Å². The maximum atomic E-state index is 7.29. The minimum Gasteiger partial charge on any atom is -0.398 e. The monoisotopic (exact) mass is 614 g/mol. The van der Waals surface area contributed by atoms with Crippen molar-refractivity contribution in [1.82, 2.24) is 4.57 Å². The molecule has 4 aromatic carbocycles. The van der Waals surface area contributed by atoms with Crippen molar-refractivity contribution in [3.8, 4) is 16.8 Å². The van der Waals surface area contributed by atoms with Crippen LogP contribution in [0.15, 0.2) is 66.7 Å². The molecule has 5 rings (SSSR count). The molecule has 46 heavy (non-hydrogen) atoms. The summed E-state index contributed by atoms with van der Waals surface area (Å²) in [5.74, 6) is 0. The van der Waals surface area contributed by atoms with E-state index >= 15 is 0 Å². The fourth-order valence-corrected chi connectivity index (χ4v) is 6.60. The molecule has 0 radical (unpaired) electrons. The van der Waals surface area contributed by atoms with E-state index in [1.54, 1.807) is 0 Å². The van der Waals surface area contributed by atoms with Gasteiger partial charge in [0.1, 0.15) is 0 Å². The van der Waals surface area contributed by atoms with Gasteiger partial charge in [0.2, 0.25) is 0 Å². The normalized spacial score (nSPS) is 13.6. The average Bonchev–Trinajstić information content (AvgIpc) is 3.25. The number of fused-ring (bicyclic) bond motifs is 3. The standard InChI is InChI=1S/C44H58N2/c1-40(2,3)28-21-27(22-29(23-28)41(4,5)6)33-17-16-18-35-37(33)38-36(20-19-34(39(38)45)44(13,14)15)46(35)32-25-30(42(7,8)9)24-31(26-32)43(10,11)12/h16-26H,45H2,1-15H3. The number of rotatable bonds is 2. The maximum absolute atomic E-state index is 7.29. The van der Waals surface area contributed by atoms with E-state index < -0.39 is 0 Å². The Morgan fingerprint density at radius 3 is 1.33 bits per heavy atom. The van der Waals surface area contributed by atoms with Gasteiger partial charge in [-0.25, -0.2) is 0 Å². The zero-order valence-corrected chi connectivity index (χ0v) is 31.4. The molecule has 0 saturated carbocycles. The summed E-state index contributed by atoms with van der Waals surface area (Å²) in [5.41, 5.74) is 20.7. The van der Waals surface area contributed by atoms with Crippen molar-refractivity contribution in [2.45, 2.75) is 131 Å². The first kappa shape index (κ1) is 33.8. The summed E-state index contributed by atoms with van der Waals surface area (Å²) in [4.78, 5) is 0. The third kappa shape index (κ3) is 6.13. The number of hydrogen-bond acceptors (Lipinski definition) is 1. The van der Waals surface area contributed by atoms with Crippen LogP contribution in [0.5, 0.6) is 0 Å². The average molecular weight is 615 g/mol. The number of anilines is 1. The first-order valence-electron chi connectivity index (χ1n) is 17.1. The number of benzene rings is 4. The van der Waals surface area contributed by atoms with E-state index in [-0.39, 0.29) is 27.1 Å². The van der Waals surface area contributed by atoms with Crippen molar-refractivity contribution < 1.29 is 0 Å². The van der Waals surface area contributed by atoms with E-state index in [4.69, 9.17) is 5.73 Å². The molecule has 0 aliphatic rings. The molecule has 0 aliphatic heterocycles. The Hall–Kier alpha value is -3.52. The van der Waals surface area contributed by atoms with Crippen LogP contribution < -0.4 is 5.73 Å². The molecule has 2 nitrogen and oxygen atoms in total. The molecule has 0 fully saturated rings. The number of nitrogens with two attached hydrogens (primary N) is 1. The molecule has 0 spiro atoms. The quantitative estimate of drug-likeness (QED) is 0.197. The van der Waals surface area contributed by atoms with Gasteiger partial charge in [-0.05, 0) is 90.3 Å². The lowest BCUT2D eigenvalue weighted by Crippen LogP contribution is -2.17. The summed E-state index contributed by atoms with van der Waals surface area (Å²) in [6.45, 7) is 34.5. The fraction of sp³-hybridized carbons (Fsp3) is 0.455. The summed E-state index contributed by atoms with van der Waals surface area (Å²) in [7, 11) is 0. The minimum atomic E-state index is -0.0846. The van der Waals surface area contributed by atoms with Crippen LogP contribution in [0.2, 0.25) is 0 Å². The number of nitrogens with zero attached hydrogens (tertiary/aromatic N) is 1. The molecule has 1 heterocycles. The van der Waals surface area contributed by atoms with Gasteiger partial charge in [0.25, 0.3) is 0 Å². The van der Waals surface area contributed by atoms with Gasteiger partial charge in [-0.2, -0.15) is 0 Å². The predicted molar refractivity (Wildman–Crippen MR) is 204 cm³/mol. The van der Waals surface area contributed by atoms with Crippen LogP contribution in [-0.4, -0.2) is 4.57 Å². The lowest BCUT2D eigenvalue weighted by molar-refractivity contribution is 0.567. The molecule has 2 heteroatoms. The Labute approximate surface area is 279 Å². The SMILES string of the molecule is CC(C)(C)c1cc(-c2cccc3c2c2c(N)c(C(C)(C)C)ccc2n3-c2cc(C(C)(C)C)cc(C(C)(C)C)c2)cc(C(C)(C)C)c1. The Kier molecular flexibility index (Phi) is 7.91. The maximum Gasteiger partial charge on any atom is 0.0562 e. The topological polar surface area (TPSA) is 30.9 Å². The van der Waals surface area contributed by atoms with Gasteiger partial charge < -0.3 is 10.3 Å². The van der Waals surface area contributed by atoms with Crippen LogP contribution in [0, 0.1) is 0 Å². The van der Waals surface area contributed by atoms with E-state index in [9.17, 15) is 0 Å². The highest BCUT2D eigenvalue weighted by Gasteiger charge is 2.27. The number of aromatic nitrogens is 1. The van der Waals surface area contributed by atoms with Gasteiger partial charge in [0.05, 0.1) is 11.0 Å². The van der Waals surface area contributed by atoms with Crippen LogP contribution >= 0.6 is 0 Å². The van der Waals surface area contributed by atoms with Crippen LogP contribution in [0.25, 0.3) is 38.6 Å². The van der Waals surface area contributed by atoms with E-state index in [2.05, 4.69) is 175 Å². The van der Waals surface area contributed by atoms with Gasteiger partial charge in [0, 0.05) is 22.1 Å². The smallest absolute Gasteiger partial charge is 0.0562 e. The summed E-state index contributed by atoms with van der Waals surface area (Å²) in [5, 5.41) is 2.38. The van der Waals surface area contributed by atoms with Crippen molar-refractivity contribution in [3.05, 3.63) is 94.5 Å². The molecule has 0 atom stereocenters. The Balaban J connectivity index is 2.00. The summed E-state index contributed by atoms with van der Waals surface area (Å²) < 4.78 is 2.47. The second kappa shape index (κ2) is 10.8. The lowest BCUT2D eigenvalue weighted by Gasteiger charge is -2.27. The van der Waals surface area contributed by atoms with E-state index in [0.717, 1.165) is 16.6 Å². The first-order chi connectivity index (χ1) is 20.9. The van der Waals surface area contributed by atoms with Gasteiger partial charge in [0.15, 0.2) is 0 Å². The first-order valence-corrected chi connectivity index (χ1v) is 17.1. The summed E-state index contributed by atoms with van der Waals surface area (Å²) in [6, 6.07) is 25.8. The van der Waals surface area contributed by atoms with E-state index in [1.807, 2.05) is 0 Å². The van der Waals surface area contributed by atoms with Gasteiger partial charge >= 0.3 is 0 Å². The van der Waals surface area contributed by atoms with Crippen molar-refractivity contribution in [2.24, 2.45) is 0 Å². The Morgan fingerprint density at radius 2 is 0.891 bits per heavy atom. The van der Waals surface area contributed by atoms with Crippen molar-refractivity contribution in [2.75, 3.05) is 5.73 Å². The molecule has 0 aliphatic carbocycles. The molecule has 0 bridgehead atoms. The van der Waals surface area contributed by atoms with Crippen LogP contribution in [-0.2, 0) is 27.1 Å². The summed E-state index contributed by atoms with van der Waals surface area (Å²) >= 11 is 0. The third-order valence-corrected chi connectivity index (χ3v) is 9.69. The molecule has 244 valence electrons. The Bertz CT molecular complexity index is 1880. The number of hydrogen-bond donors (Lipinski definition) is 1. The lowest BCUT2D eigenvalue weighted by atomic mass is 9.78. The highest BCUT2D eigenvalue weighted by atomic mass is 15.0. The molecular weight excluding hydrogens is 556 g/mol. The van der Waals surface area contributed by atoms with Crippen LogP contribution in [0.4, 0.5) is 5.69 Å². The van der Waals surface area contributed by atoms with Crippen LogP contribution in [0.3, 0.4) is 0 Å². The zero-order chi connectivity index (χ0) is 34.4. The third-order valence-electron chi connectivity index (χ3n) is 9.69. The van der Waals surface area contributed by atoms with Gasteiger partial charge in [-0.1, -0.05) is 146 Å². The van der Waals surface area contributed by atoms with E-state index in [1.165, 1.54) is 55.5 Å². The molecule has 0 amide bonds. The van der Waals surface area contributed by atoms with E-state index in [0.29, 0.717) is 0 Å². The van der Waals surface area contributed by atoms with Crippen molar-refractivity contribution >= 4 is 27.5 Å². The Morgan fingerprint density at radius 1 is 0.457 bits per heavy atom. The number of nitrogen functional groups attached to an aromatic ring is 1. The second-order valence-corrected chi connectivity index (χ2v) is 18.8. The minimum absolute atomic E-state index is 0.00904. The molecular formula is C44H58N2. The van der Waals surface area contributed by atoms with Crippen molar-refractivity contribution in [3.63, 3.8) is 0 Å². The fourth-order valence-electron chi connectivity index (χ4n) is 6.60.